The molecule has 0 heterocycles. The predicted molar refractivity (Wildman–Crippen MR) is 75.6 cm³/mol. The van der Waals surface area contributed by atoms with Crippen LogP contribution in [-0.2, 0) is 4.79 Å². The summed E-state index contributed by atoms with van der Waals surface area (Å²) in [5.41, 5.74) is 1.30. The number of amides is 1. The number of nitrogens with zero attached hydrogens (tertiary/aromatic N) is 1. The minimum absolute atomic E-state index is 0.124. The zero-order chi connectivity index (χ0) is 13.5. The molecule has 0 aromatic heterocycles. The largest absolute Gasteiger partial charge is 0.345 e. The lowest BCUT2D eigenvalue weighted by atomic mass is 10.0. The smallest absolute Gasteiger partial charge is 0.239 e. The van der Waals surface area contributed by atoms with Crippen LogP contribution in [-0.4, -0.2) is 37.0 Å². The van der Waals surface area contributed by atoms with Gasteiger partial charge in [-0.25, -0.2) is 0 Å². The fraction of sp³-hybridized carbons (Fsp3) is 0.533. The van der Waals surface area contributed by atoms with E-state index in [-0.39, 0.29) is 11.9 Å². The van der Waals surface area contributed by atoms with Crippen LogP contribution in [0.3, 0.4) is 0 Å². The van der Waals surface area contributed by atoms with Gasteiger partial charge in [-0.15, -0.1) is 0 Å². The molecule has 0 aliphatic rings. The Morgan fingerprint density at radius 2 is 1.89 bits per heavy atom. The second kappa shape index (κ2) is 7.17. The molecule has 18 heavy (non-hydrogen) atoms. The van der Waals surface area contributed by atoms with Crippen molar-refractivity contribution in [1.82, 2.24) is 10.2 Å². The van der Waals surface area contributed by atoms with Crippen molar-refractivity contribution < 1.29 is 4.79 Å². The van der Waals surface area contributed by atoms with E-state index in [4.69, 9.17) is 0 Å². The molecule has 2 atom stereocenters. The summed E-state index contributed by atoms with van der Waals surface area (Å²) in [4.78, 5) is 13.6. The number of nitrogens with one attached hydrogen (secondary N) is 1. The van der Waals surface area contributed by atoms with Crippen molar-refractivity contribution in [2.45, 2.75) is 32.7 Å². The third kappa shape index (κ3) is 4.15. The first kappa shape index (κ1) is 14.7. The number of likely N-dealkylation sites (N-methyl/N-ethyl adjacent to an activating group) is 1. The second-order valence-corrected chi connectivity index (χ2v) is 4.79. The Bertz CT molecular complexity index is 364. The van der Waals surface area contributed by atoms with Crippen LogP contribution in [0.5, 0.6) is 0 Å². The molecule has 0 bridgehead atoms. The maximum Gasteiger partial charge on any atom is 0.239 e. The highest BCUT2D eigenvalue weighted by Crippen LogP contribution is 2.13. The van der Waals surface area contributed by atoms with E-state index in [2.05, 4.69) is 24.4 Å². The van der Waals surface area contributed by atoms with Gasteiger partial charge in [-0.2, -0.15) is 0 Å². The summed E-state index contributed by atoms with van der Waals surface area (Å²) in [6, 6.07) is 10.2. The minimum Gasteiger partial charge on any atom is -0.345 e. The topological polar surface area (TPSA) is 32.3 Å². The van der Waals surface area contributed by atoms with Gasteiger partial charge >= 0.3 is 0 Å². The minimum atomic E-state index is -0.124. The van der Waals surface area contributed by atoms with Crippen LogP contribution in [0.1, 0.15) is 32.3 Å². The van der Waals surface area contributed by atoms with E-state index >= 15 is 0 Å². The van der Waals surface area contributed by atoms with Crippen LogP contribution in [0, 0.1) is 0 Å². The molecule has 100 valence electrons. The molecule has 0 saturated carbocycles. The van der Waals surface area contributed by atoms with Crippen molar-refractivity contribution >= 4 is 5.91 Å². The molecule has 1 aromatic carbocycles. The van der Waals surface area contributed by atoms with Crippen LogP contribution < -0.4 is 5.32 Å². The number of carbonyl (C=O) groups is 1. The van der Waals surface area contributed by atoms with Crippen molar-refractivity contribution in [2.24, 2.45) is 0 Å². The van der Waals surface area contributed by atoms with Gasteiger partial charge in [-0.05, 0) is 25.3 Å². The van der Waals surface area contributed by atoms with E-state index in [9.17, 15) is 4.79 Å². The summed E-state index contributed by atoms with van der Waals surface area (Å²) in [5, 5.41) is 3.30. The second-order valence-electron chi connectivity index (χ2n) is 4.79. The standard InChI is InChI=1S/C15H24N2O/c1-5-17(4)15(18)13(3)16-11-12(2)14-9-7-6-8-10-14/h6-10,12-13,16H,5,11H2,1-4H3/t12-,13+/m1/s1. The van der Waals surface area contributed by atoms with Crippen LogP contribution in [0.2, 0.25) is 0 Å². The fourth-order valence-electron chi connectivity index (χ4n) is 1.83. The molecule has 0 aliphatic heterocycles. The van der Waals surface area contributed by atoms with Crippen LogP contribution in [0.4, 0.5) is 0 Å². The van der Waals surface area contributed by atoms with Crippen molar-refractivity contribution in [2.75, 3.05) is 20.1 Å². The first-order chi connectivity index (χ1) is 8.56. The van der Waals surface area contributed by atoms with E-state index in [0.717, 1.165) is 13.1 Å². The molecule has 0 unspecified atom stereocenters. The molecule has 1 aromatic rings. The lowest BCUT2D eigenvalue weighted by Gasteiger charge is -2.22. The van der Waals surface area contributed by atoms with Gasteiger partial charge in [0.2, 0.25) is 5.91 Å². The Morgan fingerprint density at radius 3 is 2.44 bits per heavy atom. The molecule has 3 nitrogen and oxygen atoms in total. The highest BCUT2D eigenvalue weighted by Gasteiger charge is 2.16. The van der Waals surface area contributed by atoms with Gasteiger partial charge in [0.25, 0.3) is 0 Å². The number of carbonyl (C=O) groups excluding carboxylic acids is 1. The molecule has 0 saturated heterocycles. The van der Waals surface area contributed by atoms with E-state index in [1.807, 2.05) is 39.1 Å². The number of hydrogen-bond donors (Lipinski definition) is 1. The Labute approximate surface area is 110 Å². The van der Waals surface area contributed by atoms with E-state index < -0.39 is 0 Å². The summed E-state index contributed by atoms with van der Waals surface area (Å²) in [6.07, 6.45) is 0. The molecule has 1 amide bonds. The Hall–Kier alpha value is -1.35. The highest BCUT2D eigenvalue weighted by molar-refractivity contribution is 5.81. The van der Waals surface area contributed by atoms with Gasteiger partial charge in [0, 0.05) is 20.1 Å². The predicted octanol–water partition coefficient (Wildman–Crippen LogP) is 2.25. The van der Waals surface area contributed by atoms with E-state index in [1.165, 1.54) is 5.56 Å². The molecular weight excluding hydrogens is 224 g/mol. The van der Waals surface area contributed by atoms with Gasteiger partial charge in [-0.3, -0.25) is 4.79 Å². The number of rotatable bonds is 6. The SMILES string of the molecule is CCN(C)C(=O)[C@H](C)NC[C@@H](C)c1ccccc1. The number of hydrogen-bond acceptors (Lipinski definition) is 2. The summed E-state index contributed by atoms with van der Waals surface area (Å²) >= 11 is 0. The molecule has 0 fully saturated rings. The molecule has 0 radical (unpaired) electrons. The van der Waals surface area contributed by atoms with Crippen molar-refractivity contribution in [3.8, 4) is 0 Å². The average molecular weight is 248 g/mol. The third-order valence-electron chi connectivity index (χ3n) is 3.32. The quantitative estimate of drug-likeness (QED) is 0.837. The van der Waals surface area contributed by atoms with Crippen molar-refractivity contribution in [1.29, 1.82) is 0 Å². The molecular formula is C15H24N2O. The lowest BCUT2D eigenvalue weighted by molar-refractivity contribution is -0.131. The van der Waals surface area contributed by atoms with Gasteiger partial charge < -0.3 is 10.2 Å². The highest BCUT2D eigenvalue weighted by atomic mass is 16.2. The molecule has 3 heteroatoms. The summed E-state index contributed by atoms with van der Waals surface area (Å²) in [6.45, 7) is 7.64. The first-order valence-corrected chi connectivity index (χ1v) is 6.59. The maximum atomic E-state index is 11.9. The summed E-state index contributed by atoms with van der Waals surface area (Å²) < 4.78 is 0. The maximum absolute atomic E-state index is 11.9. The van der Waals surface area contributed by atoms with Gasteiger partial charge in [-0.1, -0.05) is 37.3 Å². The van der Waals surface area contributed by atoms with Crippen molar-refractivity contribution in [3.63, 3.8) is 0 Å². The van der Waals surface area contributed by atoms with Gasteiger partial charge in [0.1, 0.15) is 0 Å². The van der Waals surface area contributed by atoms with Gasteiger partial charge in [0.05, 0.1) is 6.04 Å². The summed E-state index contributed by atoms with van der Waals surface area (Å²) in [7, 11) is 1.83. The zero-order valence-corrected chi connectivity index (χ0v) is 11.8. The average Bonchev–Trinajstić information content (AvgIpc) is 2.43. The van der Waals surface area contributed by atoms with E-state index in [0.29, 0.717) is 5.92 Å². The first-order valence-electron chi connectivity index (χ1n) is 6.59. The van der Waals surface area contributed by atoms with E-state index in [1.54, 1.807) is 4.90 Å². The monoisotopic (exact) mass is 248 g/mol. The Morgan fingerprint density at radius 1 is 1.28 bits per heavy atom. The number of benzene rings is 1. The lowest BCUT2D eigenvalue weighted by Crippen LogP contribution is -2.44. The van der Waals surface area contributed by atoms with Gasteiger partial charge in [0.15, 0.2) is 0 Å². The Kier molecular flexibility index (Phi) is 5.86. The molecule has 0 aliphatic carbocycles. The Balaban J connectivity index is 2.43. The third-order valence-corrected chi connectivity index (χ3v) is 3.32. The fourth-order valence-corrected chi connectivity index (χ4v) is 1.83. The van der Waals surface area contributed by atoms with Crippen LogP contribution in [0.25, 0.3) is 0 Å². The van der Waals surface area contributed by atoms with Crippen molar-refractivity contribution in [3.05, 3.63) is 35.9 Å². The normalized spacial score (nSPS) is 14.0. The summed E-state index contributed by atoms with van der Waals surface area (Å²) in [5.74, 6) is 0.561. The van der Waals surface area contributed by atoms with Crippen LogP contribution >= 0.6 is 0 Å². The van der Waals surface area contributed by atoms with Crippen LogP contribution in [0.15, 0.2) is 30.3 Å². The molecule has 1 N–H and O–H groups in total. The zero-order valence-electron chi connectivity index (χ0n) is 11.8. The molecule has 0 spiro atoms. The molecule has 1 rings (SSSR count).